The van der Waals surface area contributed by atoms with Crippen molar-refractivity contribution in [1.82, 2.24) is 9.55 Å². The van der Waals surface area contributed by atoms with Crippen molar-refractivity contribution >= 4 is 40.0 Å². The van der Waals surface area contributed by atoms with Crippen molar-refractivity contribution in [2.24, 2.45) is 0 Å². The molecule has 2 aromatic carbocycles. The lowest BCUT2D eigenvalue weighted by molar-refractivity contribution is -0.139. The van der Waals surface area contributed by atoms with E-state index in [9.17, 15) is 18.0 Å². The third kappa shape index (κ3) is 5.09. The van der Waals surface area contributed by atoms with E-state index in [2.05, 4.69) is 4.98 Å². The van der Waals surface area contributed by atoms with E-state index >= 15 is 0 Å². The highest BCUT2D eigenvalue weighted by molar-refractivity contribution is 6.67. The van der Waals surface area contributed by atoms with Crippen LogP contribution in [0, 0.1) is 6.92 Å². The summed E-state index contributed by atoms with van der Waals surface area (Å²) in [7, 11) is 0. The summed E-state index contributed by atoms with van der Waals surface area (Å²) in [5.41, 5.74) is 1.65. The minimum absolute atomic E-state index is 0.0585. The minimum Gasteiger partial charge on any atom is -0.493 e. The van der Waals surface area contributed by atoms with Crippen molar-refractivity contribution in [3.05, 3.63) is 63.9 Å². The van der Waals surface area contributed by atoms with Crippen molar-refractivity contribution in [1.29, 1.82) is 0 Å². The molecule has 0 amide bonds. The Kier molecular flexibility index (Phi) is 6.65. The molecule has 0 unspecified atom stereocenters. The lowest BCUT2D eigenvalue weighted by Crippen LogP contribution is -2.13. The zero-order valence-electron chi connectivity index (χ0n) is 15.4. The Morgan fingerprint density at radius 3 is 2.37 bits per heavy atom. The smallest absolute Gasteiger partial charge is 0.392 e. The Morgan fingerprint density at radius 2 is 1.80 bits per heavy atom. The highest BCUT2D eigenvalue weighted by Crippen LogP contribution is 2.34. The van der Waals surface area contributed by atoms with Crippen LogP contribution in [0.15, 0.2) is 42.5 Å². The number of carbonyl (C=O) groups is 1. The second-order valence-corrected chi connectivity index (χ2v) is 7.50. The van der Waals surface area contributed by atoms with Gasteiger partial charge in [-0.15, -0.1) is 0 Å². The van der Waals surface area contributed by atoms with Crippen LogP contribution < -0.4 is 4.74 Å². The number of aromatic nitrogens is 2. The number of ether oxygens (including phenoxy) is 1. The minimum atomic E-state index is -4.29. The highest BCUT2D eigenvalue weighted by Gasteiger charge is 2.27. The molecule has 0 atom stereocenters. The molecule has 0 saturated heterocycles. The van der Waals surface area contributed by atoms with Gasteiger partial charge in [0.2, 0.25) is 0 Å². The summed E-state index contributed by atoms with van der Waals surface area (Å²) in [6, 6.07) is 11.2. The maximum Gasteiger partial charge on any atom is 0.392 e. The lowest BCUT2D eigenvalue weighted by Gasteiger charge is -2.13. The number of halogens is 6. The molecule has 10 heteroatoms. The third-order valence-corrected chi connectivity index (χ3v) is 4.94. The number of alkyl halides is 3. The molecule has 0 fully saturated rings. The summed E-state index contributed by atoms with van der Waals surface area (Å²) in [6.45, 7) is 1.19. The van der Waals surface area contributed by atoms with Crippen LogP contribution in [-0.2, 0) is 0 Å². The number of hydrogen-bond acceptors (Lipinski definition) is 3. The number of carbonyl (C=O) groups excluding carboxylic acids is 1. The Hall–Kier alpha value is -2.22. The van der Waals surface area contributed by atoms with Crippen LogP contribution >= 0.6 is 34.8 Å². The van der Waals surface area contributed by atoms with Gasteiger partial charge in [0.1, 0.15) is 17.3 Å². The number of imidazole rings is 1. The van der Waals surface area contributed by atoms with Gasteiger partial charge >= 0.3 is 6.18 Å². The van der Waals surface area contributed by atoms with Gasteiger partial charge < -0.3 is 4.74 Å². The zero-order chi connectivity index (χ0) is 22.1. The van der Waals surface area contributed by atoms with Gasteiger partial charge in [0.15, 0.2) is 0 Å². The van der Waals surface area contributed by atoms with E-state index in [1.54, 1.807) is 41.8 Å². The van der Waals surface area contributed by atoms with E-state index in [-0.39, 0.29) is 11.4 Å². The second kappa shape index (κ2) is 8.88. The highest BCUT2D eigenvalue weighted by atomic mass is 35.5. The number of rotatable bonds is 6. The quantitative estimate of drug-likeness (QED) is 0.364. The monoisotopic (exact) mass is 476 g/mol. The molecule has 0 spiro atoms. The van der Waals surface area contributed by atoms with Crippen LogP contribution in [0.2, 0.25) is 10.0 Å². The molecule has 4 nitrogen and oxygen atoms in total. The van der Waals surface area contributed by atoms with E-state index in [1.807, 2.05) is 0 Å². The molecule has 3 rings (SSSR count). The van der Waals surface area contributed by atoms with Crippen LogP contribution in [0.25, 0.3) is 17.1 Å². The summed E-state index contributed by atoms with van der Waals surface area (Å²) in [5.74, 6) is 0.643. The first-order chi connectivity index (χ1) is 14.1. The van der Waals surface area contributed by atoms with Crippen molar-refractivity contribution in [3.63, 3.8) is 0 Å². The summed E-state index contributed by atoms with van der Waals surface area (Å²) in [5, 5.41) is 0.0340. The lowest BCUT2D eigenvalue weighted by atomic mass is 10.2. The predicted octanol–water partition coefficient (Wildman–Crippen LogP) is 6.86. The van der Waals surface area contributed by atoms with Gasteiger partial charge in [-0.1, -0.05) is 23.2 Å². The van der Waals surface area contributed by atoms with Gasteiger partial charge in [-0.2, -0.15) is 13.2 Å². The second-order valence-electron chi connectivity index (χ2n) is 6.31. The number of benzene rings is 2. The topological polar surface area (TPSA) is 44.1 Å². The van der Waals surface area contributed by atoms with Crippen LogP contribution in [-0.4, -0.2) is 27.6 Å². The Bertz CT molecular complexity index is 1080. The standard InChI is InChI=1S/C20H14Cl3F3N2O2/c1-11-17(18(23)29)27-19(15-7-2-12(21)10-16(15)22)28(11)13-3-5-14(6-4-13)30-9-8-20(24,25)26/h2-7,10H,8-9H2,1H3. The Labute approximate surface area is 185 Å². The predicted molar refractivity (Wildman–Crippen MR) is 110 cm³/mol. The van der Waals surface area contributed by atoms with Crippen LogP contribution in [0.5, 0.6) is 5.75 Å². The van der Waals surface area contributed by atoms with Crippen molar-refractivity contribution < 1.29 is 22.7 Å². The maximum absolute atomic E-state index is 12.3. The van der Waals surface area contributed by atoms with E-state index in [4.69, 9.17) is 39.5 Å². The largest absolute Gasteiger partial charge is 0.493 e. The van der Waals surface area contributed by atoms with Crippen LogP contribution in [0.4, 0.5) is 13.2 Å². The van der Waals surface area contributed by atoms with Crippen LogP contribution in [0.3, 0.4) is 0 Å². The fraction of sp³-hybridized carbons (Fsp3) is 0.200. The van der Waals surface area contributed by atoms with E-state index in [0.29, 0.717) is 32.8 Å². The SMILES string of the molecule is Cc1c(C(=O)Cl)nc(-c2ccc(Cl)cc2Cl)n1-c1ccc(OCCC(F)(F)F)cc1. The molecule has 0 aliphatic rings. The molecule has 0 N–H and O–H groups in total. The summed E-state index contributed by atoms with van der Waals surface area (Å²) in [6.07, 6.45) is -5.33. The summed E-state index contributed by atoms with van der Waals surface area (Å²) >= 11 is 18.0. The summed E-state index contributed by atoms with van der Waals surface area (Å²) < 4.78 is 43.6. The van der Waals surface area contributed by atoms with Gasteiger partial charge in [-0.25, -0.2) is 4.98 Å². The van der Waals surface area contributed by atoms with Gasteiger partial charge in [0.25, 0.3) is 5.24 Å². The molecule has 3 aromatic rings. The molecule has 1 heterocycles. The Balaban J connectivity index is 1.99. The average molecular weight is 478 g/mol. The van der Waals surface area contributed by atoms with Gasteiger partial charge in [0.05, 0.1) is 23.7 Å². The molecule has 158 valence electrons. The van der Waals surface area contributed by atoms with Crippen molar-refractivity contribution in [3.8, 4) is 22.8 Å². The molecule has 0 bridgehead atoms. The average Bonchev–Trinajstić information content (AvgIpc) is 2.98. The first-order valence-electron chi connectivity index (χ1n) is 8.61. The Morgan fingerprint density at radius 1 is 1.13 bits per heavy atom. The van der Waals surface area contributed by atoms with Gasteiger partial charge in [0, 0.05) is 16.3 Å². The fourth-order valence-corrected chi connectivity index (χ4v) is 3.50. The zero-order valence-corrected chi connectivity index (χ0v) is 17.7. The van der Waals surface area contributed by atoms with Crippen molar-refractivity contribution in [2.75, 3.05) is 6.61 Å². The normalized spacial score (nSPS) is 11.6. The molecule has 1 aromatic heterocycles. The maximum atomic E-state index is 12.3. The molecular formula is C20H14Cl3F3N2O2. The van der Waals surface area contributed by atoms with E-state index < -0.39 is 24.4 Å². The first kappa shape index (κ1) is 22.5. The van der Waals surface area contributed by atoms with Crippen molar-refractivity contribution in [2.45, 2.75) is 19.5 Å². The fourth-order valence-electron chi connectivity index (χ4n) is 2.83. The molecule has 0 saturated carbocycles. The molecule has 0 radical (unpaired) electrons. The summed E-state index contributed by atoms with van der Waals surface area (Å²) in [4.78, 5) is 16.2. The van der Waals surface area contributed by atoms with E-state index in [1.165, 1.54) is 12.1 Å². The first-order valence-corrected chi connectivity index (χ1v) is 9.75. The van der Waals surface area contributed by atoms with E-state index in [0.717, 1.165) is 0 Å². The molecule has 30 heavy (non-hydrogen) atoms. The third-order valence-electron chi connectivity index (χ3n) is 4.22. The molecular weight excluding hydrogens is 464 g/mol. The van der Waals surface area contributed by atoms with Gasteiger partial charge in [-0.05, 0) is 61.0 Å². The number of nitrogens with zero attached hydrogens (tertiary/aromatic N) is 2. The van der Waals surface area contributed by atoms with Gasteiger partial charge in [-0.3, -0.25) is 9.36 Å². The van der Waals surface area contributed by atoms with Crippen LogP contribution in [0.1, 0.15) is 22.6 Å². The molecule has 0 aliphatic heterocycles. The number of hydrogen-bond donors (Lipinski definition) is 0. The molecule has 0 aliphatic carbocycles.